The van der Waals surface area contributed by atoms with Crippen LogP contribution < -0.4 is 5.32 Å². The molecule has 0 bridgehead atoms. The van der Waals surface area contributed by atoms with Gasteiger partial charge in [0.05, 0.1) is 0 Å². The van der Waals surface area contributed by atoms with Crippen LogP contribution in [-0.2, 0) is 22.7 Å². The lowest BCUT2D eigenvalue weighted by molar-refractivity contribution is -0.142. The number of rotatable bonds is 9. The van der Waals surface area contributed by atoms with E-state index in [-0.39, 0.29) is 42.6 Å². The number of hydrogen-bond donors (Lipinski definition) is 1. The number of halogens is 1. The third-order valence-corrected chi connectivity index (χ3v) is 6.04. The molecule has 2 aromatic heterocycles. The van der Waals surface area contributed by atoms with Gasteiger partial charge in [-0.2, -0.15) is 4.80 Å². The fourth-order valence-corrected chi connectivity index (χ4v) is 4.25. The van der Waals surface area contributed by atoms with E-state index in [1.165, 1.54) is 21.8 Å². The zero-order chi connectivity index (χ0) is 24.1. The summed E-state index contributed by atoms with van der Waals surface area (Å²) in [5.74, 6) is 0.575. The number of nitrogens with one attached hydrogen (secondary N) is 1. The molecule has 0 radical (unpaired) electrons. The van der Waals surface area contributed by atoms with E-state index in [9.17, 15) is 14.0 Å². The molecule has 1 aliphatic rings. The molecule has 3 aromatic rings. The smallest absolute Gasteiger partial charge is 0.247 e. The van der Waals surface area contributed by atoms with Crippen LogP contribution in [0.15, 0.2) is 40.8 Å². The van der Waals surface area contributed by atoms with Gasteiger partial charge in [-0.3, -0.25) is 9.59 Å². The van der Waals surface area contributed by atoms with Crippen LogP contribution in [0.2, 0.25) is 0 Å². The van der Waals surface area contributed by atoms with Crippen molar-refractivity contribution in [3.8, 4) is 11.6 Å². The molecule has 2 heterocycles. The molecule has 0 saturated heterocycles. The van der Waals surface area contributed by atoms with Gasteiger partial charge in [0.15, 0.2) is 5.76 Å². The van der Waals surface area contributed by atoms with Crippen molar-refractivity contribution in [3.63, 3.8) is 0 Å². The maximum absolute atomic E-state index is 13.4. The van der Waals surface area contributed by atoms with Gasteiger partial charge in [0, 0.05) is 12.6 Å². The number of aromatic nitrogens is 4. The van der Waals surface area contributed by atoms with Gasteiger partial charge in [-0.05, 0) is 61.2 Å². The van der Waals surface area contributed by atoms with E-state index >= 15 is 0 Å². The maximum atomic E-state index is 13.4. The molecule has 0 unspecified atom stereocenters. The van der Waals surface area contributed by atoms with Gasteiger partial charge in [-0.25, -0.2) is 4.39 Å². The van der Waals surface area contributed by atoms with Gasteiger partial charge < -0.3 is 14.6 Å². The minimum Gasteiger partial charge on any atom is -0.458 e. The Bertz CT molecular complexity index is 1120. The number of carbonyl (C=O) groups is 2. The monoisotopic (exact) mass is 468 g/mol. The van der Waals surface area contributed by atoms with Crippen molar-refractivity contribution in [2.24, 2.45) is 0 Å². The van der Waals surface area contributed by atoms with Crippen LogP contribution in [0.3, 0.4) is 0 Å². The summed E-state index contributed by atoms with van der Waals surface area (Å²) in [7, 11) is 0. The van der Waals surface area contributed by atoms with E-state index in [4.69, 9.17) is 4.42 Å². The third kappa shape index (κ3) is 5.67. The molecule has 0 spiro atoms. The van der Waals surface area contributed by atoms with Crippen LogP contribution in [0, 0.1) is 12.7 Å². The Kier molecular flexibility index (Phi) is 7.34. The molecule has 1 fully saturated rings. The molecule has 2 amide bonds. The first kappa shape index (κ1) is 23.6. The summed E-state index contributed by atoms with van der Waals surface area (Å²) >= 11 is 0. The first-order valence-electron chi connectivity index (χ1n) is 11.6. The summed E-state index contributed by atoms with van der Waals surface area (Å²) < 4.78 is 18.9. The highest BCUT2D eigenvalue weighted by molar-refractivity contribution is 5.87. The van der Waals surface area contributed by atoms with Crippen molar-refractivity contribution in [2.75, 3.05) is 0 Å². The van der Waals surface area contributed by atoms with E-state index < -0.39 is 6.04 Å². The van der Waals surface area contributed by atoms with Crippen molar-refractivity contribution in [1.82, 2.24) is 30.4 Å². The van der Waals surface area contributed by atoms with Gasteiger partial charge in [-0.1, -0.05) is 31.9 Å². The van der Waals surface area contributed by atoms with E-state index in [2.05, 4.69) is 20.7 Å². The van der Waals surface area contributed by atoms with E-state index in [1.807, 2.05) is 13.8 Å². The maximum Gasteiger partial charge on any atom is 0.247 e. The summed E-state index contributed by atoms with van der Waals surface area (Å²) in [5, 5.41) is 15.3. The molecule has 1 N–H and O–H groups in total. The number of benzene rings is 1. The second-order valence-corrected chi connectivity index (χ2v) is 8.62. The van der Waals surface area contributed by atoms with Crippen LogP contribution in [-0.4, -0.2) is 49.0 Å². The Morgan fingerprint density at radius 1 is 1.21 bits per heavy atom. The van der Waals surface area contributed by atoms with E-state index in [0.29, 0.717) is 17.9 Å². The lowest BCUT2D eigenvalue weighted by Crippen LogP contribution is -2.51. The highest BCUT2D eigenvalue weighted by atomic mass is 19.1. The van der Waals surface area contributed by atoms with Crippen LogP contribution in [0.25, 0.3) is 11.6 Å². The Balaban J connectivity index is 1.53. The molecule has 1 saturated carbocycles. The molecule has 4 rings (SSSR count). The summed E-state index contributed by atoms with van der Waals surface area (Å²) in [4.78, 5) is 29.2. The zero-order valence-electron chi connectivity index (χ0n) is 19.4. The van der Waals surface area contributed by atoms with Gasteiger partial charge in [-0.15, -0.1) is 10.2 Å². The molecule has 10 heteroatoms. The minimum absolute atomic E-state index is 0.139. The van der Waals surface area contributed by atoms with Gasteiger partial charge in [0.2, 0.25) is 17.6 Å². The van der Waals surface area contributed by atoms with Crippen molar-refractivity contribution >= 4 is 11.8 Å². The van der Waals surface area contributed by atoms with Crippen LogP contribution in [0.4, 0.5) is 4.39 Å². The molecule has 1 aliphatic carbocycles. The van der Waals surface area contributed by atoms with Crippen LogP contribution in [0.5, 0.6) is 0 Å². The summed E-state index contributed by atoms with van der Waals surface area (Å²) in [6, 6.07) is 8.90. The Morgan fingerprint density at radius 3 is 2.59 bits per heavy atom. The third-order valence-electron chi connectivity index (χ3n) is 6.04. The predicted molar refractivity (Wildman–Crippen MR) is 122 cm³/mol. The number of carbonyl (C=O) groups excluding carboxylic acids is 2. The fraction of sp³-hybridized carbons (Fsp3) is 0.458. The van der Waals surface area contributed by atoms with Gasteiger partial charge in [0.25, 0.3) is 0 Å². The highest BCUT2D eigenvalue weighted by Gasteiger charge is 2.31. The number of furan rings is 1. The highest BCUT2D eigenvalue weighted by Crippen LogP contribution is 2.20. The molecular formula is C24H29FN6O3. The van der Waals surface area contributed by atoms with Crippen molar-refractivity contribution < 1.29 is 18.4 Å². The van der Waals surface area contributed by atoms with Gasteiger partial charge in [0.1, 0.15) is 24.2 Å². The first-order valence-corrected chi connectivity index (χ1v) is 11.6. The number of tetrazole rings is 1. The topological polar surface area (TPSA) is 106 Å². The molecular weight excluding hydrogens is 439 g/mol. The van der Waals surface area contributed by atoms with Crippen molar-refractivity contribution in [1.29, 1.82) is 0 Å². The van der Waals surface area contributed by atoms with Crippen LogP contribution in [0.1, 0.15) is 50.4 Å². The number of nitrogens with zero attached hydrogens (tertiary/aromatic N) is 5. The number of aryl methyl sites for hydroxylation is 1. The standard InChI is InChI=1S/C24H29FN6O3/c1-3-20(24(33)26-19-6-4-5-7-19)30(14-17-9-11-18(25)12-10-17)22(32)15-31-28-23(27-29-31)21-13-8-16(2)34-21/h8-13,19-20H,3-7,14-15H2,1-2H3,(H,26,33)/t20-/m0/s1. The first-order chi connectivity index (χ1) is 16.4. The predicted octanol–water partition coefficient (Wildman–Crippen LogP) is 3.25. The van der Waals surface area contributed by atoms with Gasteiger partial charge >= 0.3 is 0 Å². The molecule has 180 valence electrons. The number of amides is 2. The Labute approximate surface area is 197 Å². The zero-order valence-corrected chi connectivity index (χ0v) is 19.4. The summed E-state index contributed by atoms with van der Waals surface area (Å²) in [5.41, 5.74) is 0.722. The molecule has 34 heavy (non-hydrogen) atoms. The molecule has 0 aliphatic heterocycles. The summed E-state index contributed by atoms with van der Waals surface area (Å²) in [6.07, 6.45) is 4.52. The normalized spacial score (nSPS) is 14.8. The minimum atomic E-state index is -0.672. The average Bonchev–Trinajstić information content (AvgIpc) is 3.58. The fourth-order valence-electron chi connectivity index (χ4n) is 4.25. The quantitative estimate of drug-likeness (QED) is 0.517. The molecule has 1 aromatic carbocycles. The SMILES string of the molecule is CC[C@@H](C(=O)NC1CCCC1)N(Cc1ccc(F)cc1)C(=O)Cn1nnc(-c2ccc(C)o2)n1. The second kappa shape index (κ2) is 10.6. The Morgan fingerprint density at radius 2 is 1.94 bits per heavy atom. The number of hydrogen-bond acceptors (Lipinski definition) is 6. The van der Waals surface area contributed by atoms with Crippen molar-refractivity contribution in [3.05, 3.63) is 53.5 Å². The lowest BCUT2D eigenvalue weighted by Gasteiger charge is -2.31. The summed E-state index contributed by atoms with van der Waals surface area (Å²) in [6.45, 7) is 3.65. The van der Waals surface area contributed by atoms with E-state index in [0.717, 1.165) is 31.2 Å². The lowest BCUT2D eigenvalue weighted by atomic mass is 10.1. The van der Waals surface area contributed by atoms with E-state index in [1.54, 1.807) is 24.3 Å². The largest absolute Gasteiger partial charge is 0.458 e. The second-order valence-electron chi connectivity index (χ2n) is 8.62. The van der Waals surface area contributed by atoms with Crippen molar-refractivity contribution in [2.45, 2.75) is 71.1 Å². The Hall–Kier alpha value is -3.56. The molecule has 9 nitrogen and oxygen atoms in total. The molecule has 1 atom stereocenters. The van der Waals surface area contributed by atoms with Crippen LogP contribution >= 0.6 is 0 Å². The average molecular weight is 469 g/mol.